The summed E-state index contributed by atoms with van der Waals surface area (Å²) in [6.07, 6.45) is -6.11. The van der Waals surface area contributed by atoms with Gasteiger partial charge < -0.3 is 44.6 Å². The highest BCUT2D eigenvalue weighted by Crippen LogP contribution is 2.62. The van der Waals surface area contributed by atoms with Gasteiger partial charge in [-0.15, -0.1) is 0 Å². The maximum Gasteiger partial charge on any atom is 0.335 e. The Bertz CT molecular complexity index is 1130. The van der Waals surface area contributed by atoms with Crippen LogP contribution in [0.5, 0.6) is 11.5 Å². The number of aliphatic hydroxyl groups excluding tert-OH is 4. The molecule has 1 aromatic rings. The zero-order valence-corrected chi connectivity index (χ0v) is 17.4. The van der Waals surface area contributed by atoms with E-state index in [1.54, 1.807) is 23.1 Å². The lowest BCUT2D eigenvalue weighted by Gasteiger charge is -2.56. The number of rotatable bonds is 3. The zero-order chi connectivity index (χ0) is 25.7. The van der Waals surface area contributed by atoms with Crippen molar-refractivity contribution >= 4 is 5.97 Å². The Labute approximate surface area is 193 Å². The van der Waals surface area contributed by atoms with Crippen molar-refractivity contribution in [3.8, 4) is 11.5 Å². The largest absolute Gasteiger partial charge is 0.482 e. The first-order chi connectivity index (χ1) is 16.9. The molecule has 3 aliphatic heterocycles. The Morgan fingerprint density at radius 3 is 2.79 bits per heavy atom. The number of piperidine rings is 1. The topological polar surface area (TPSA) is 149 Å². The van der Waals surface area contributed by atoms with Crippen molar-refractivity contribution in [3.63, 3.8) is 0 Å². The second kappa shape index (κ2) is 7.14. The number of hydrogen-bond acceptors (Lipinski definition) is 9. The number of aliphatic carboxylic acids is 1. The Morgan fingerprint density at radius 2 is 2.03 bits per heavy atom. The van der Waals surface area contributed by atoms with Crippen LogP contribution >= 0.6 is 0 Å². The predicted octanol–water partition coefficient (Wildman–Crippen LogP) is -1.24. The quantitative estimate of drug-likeness (QED) is 0.344. The lowest BCUT2D eigenvalue weighted by atomic mass is 9.53. The van der Waals surface area contributed by atoms with Crippen LogP contribution in [0.4, 0.5) is 0 Å². The molecule has 2 aliphatic carbocycles. The molecule has 1 spiro atoms. The van der Waals surface area contributed by atoms with Gasteiger partial charge in [0.05, 0.1) is 0 Å². The number of hydrogen-bond donors (Lipinski definition) is 5. The summed E-state index contributed by atoms with van der Waals surface area (Å²) in [5.41, 5.74) is 0.982. The molecule has 3 heterocycles. The molecule has 33 heavy (non-hydrogen) atoms. The molecule has 0 aromatic heterocycles. The average molecular weight is 464 g/mol. The highest BCUT2D eigenvalue weighted by atomic mass is 16.7. The summed E-state index contributed by atoms with van der Waals surface area (Å²) in [4.78, 5) is 13.0. The second-order valence-corrected chi connectivity index (χ2v) is 9.47. The summed E-state index contributed by atoms with van der Waals surface area (Å²) in [6.45, 7) is -1.98. The van der Waals surface area contributed by atoms with Crippen LogP contribution < -0.4 is 9.47 Å². The van der Waals surface area contributed by atoms with Crippen molar-refractivity contribution in [1.82, 2.24) is 4.90 Å². The van der Waals surface area contributed by atoms with Crippen molar-refractivity contribution in [3.05, 3.63) is 35.4 Å². The first-order valence-electron chi connectivity index (χ1n) is 12.5. The molecular weight excluding hydrogens is 434 g/mol. The van der Waals surface area contributed by atoms with Gasteiger partial charge in [-0.25, -0.2) is 4.79 Å². The molecule has 5 aliphatic rings. The standard InChI is InChI=1S/C23H27NO9/c1-24-7-6-23-10-3-4-12(25)20(23)32-18-13(5-2-9(14(18)23)8-11(10)24)31-22-17(28)15(26)16(27)19(33-22)21(29)30/h2-5,10-12,15-17,19-20,22,25-28H,6-8H2,1H3,(H,29,30)/t10-,11?,12-,15-,16-,17+,19-,20-,22+,23-/m0/s1/i1D3. The molecular formula is C23H27NO9. The normalized spacial score (nSPS) is 47.0. The molecule has 10 nitrogen and oxygen atoms in total. The Hall–Kier alpha value is -2.21. The lowest BCUT2D eigenvalue weighted by Crippen LogP contribution is -2.64. The third-order valence-corrected chi connectivity index (χ3v) is 7.91. The molecule has 1 unspecified atom stereocenters. The first kappa shape index (κ1) is 18.2. The average Bonchev–Trinajstić information content (AvgIpc) is 3.15. The van der Waals surface area contributed by atoms with Crippen LogP contribution in [0.15, 0.2) is 24.3 Å². The van der Waals surface area contributed by atoms with E-state index in [4.69, 9.17) is 18.3 Å². The fraction of sp³-hybridized carbons (Fsp3) is 0.609. The minimum absolute atomic E-state index is 0.122. The van der Waals surface area contributed by atoms with Crippen LogP contribution in [0.1, 0.15) is 21.7 Å². The molecule has 10 atom stereocenters. The van der Waals surface area contributed by atoms with Gasteiger partial charge in [-0.2, -0.15) is 0 Å². The van der Waals surface area contributed by atoms with Gasteiger partial charge in [0.15, 0.2) is 17.6 Å². The lowest BCUT2D eigenvalue weighted by molar-refractivity contribution is -0.271. The maximum atomic E-state index is 11.5. The van der Waals surface area contributed by atoms with Gasteiger partial charge >= 0.3 is 5.97 Å². The summed E-state index contributed by atoms with van der Waals surface area (Å²) in [7, 11) is 0. The van der Waals surface area contributed by atoms with Gasteiger partial charge in [-0.3, -0.25) is 0 Å². The summed E-state index contributed by atoms with van der Waals surface area (Å²) in [6, 6.07) is 3.01. The van der Waals surface area contributed by atoms with Crippen molar-refractivity contribution in [1.29, 1.82) is 0 Å². The molecule has 178 valence electrons. The number of benzene rings is 1. The number of likely N-dealkylation sites (tertiary alicyclic amines) is 1. The van der Waals surface area contributed by atoms with Crippen LogP contribution in [0.25, 0.3) is 0 Å². The van der Waals surface area contributed by atoms with Crippen LogP contribution in [0, 0.1) is 5.92 Å². The smallest absolute Gasteiger partial charge is 0.335 e. The van der Waals surface area contributed by atoms with Crippen LogP contribution in [-0.4, -0.2) is 98.9 Å². The number of carbonyl (C=O) groups is 1. The summed E-state index contributed by atoms with van der Waals surface area (Å²) in [5.74, 6) is -1.32. The Kier molecular flexibility index (Phi) is 3.93. The van der Waals surface area contributed by atoms with E-state index in [1.165, 1.54) is 0 Å². The number of carboxylic acid groups (broad SMARTS) is 1. The molecule has 0 saturated carbocycles. The van der Waals surface area contributed by atoms with E-state index in [1.807, 2.05) is 6.08 Å². The molecule has 2 bridgehead atoms. The second-order valence-electron chi connectivity index (χ2n) is 9.47. The number of likely N-dealkylation sites (N-methyl/N-ethyl adjacent to an activating group) is 1. The van der Waals surface area contributed by atoms with Gasteiger partial charge in [-0.1, -0.05) is 18.2 Å². The monoisotopic (exact) mass is 464 g/mol. The van der Waals surface area contributed by atoms with Gasteiger partial charge in [-0.05, 0) is 38.0 Å². The predicted molar refractivity (Wildman–Crippen MR) is 111 cm³/mol. The van der Waals surface area contributed by atoms with Crippen molar-refractivity contribution in [2.75, 3.05) is 13.5 Å². The van der Waals surface area contributed by atoms with E-state index >= 15 is 0 Å². The first-order valence-corrected chi connectivity index (χ1v) is 11.0. The van der Waals surface area contributed by atoms with Crippen molar-refractivity contribution in [2.24, 2.45) is 5.92 Å². The van der Waals surface area contributed by atoms with E-state index in [2.05, 4.69) is 0 Å². The zero-order valence-electron chi connectivity index (χ0n) is 20.4. The molecule has 2 saturated heterocycles. The number of nitrogens with zero attached hydrogens (tertiary/aromatic N) is 1. The van der Waals surface area contributed by atoms with E-state index in [0.29, 0.717) is 18.6 Å². The molecule has 0 radical (unpaired) electrons. The molecule has 0 amide bonds. The third kappa shape index (κ3) is 2.73. The van der Waals surface area contributed by atoms with Crippen molar-refractivity contribution < 1.29 is 48.7 Å². The van der Waals surface area contributed by atoms with Gasteiger partial charge in [0, 0.05) is 27.1 Å². The van der Waals surface area contributed by atoms with Crippen LogP contribution in [0.3, 0.4) is 0 Å². The molecule has 5 N–H and O–H groups in total. The Morgan fingerprint density at radius 1 is 1.21 bits per heavy atom. The Balaban J connectivity index is 1.41. The minimum atomic E-state index is -2.27. The SMILES string of the molecule is [2H]C([2H])([2H])N1CC[C@]23c4c5ccc(O[C@@H]6O[C@H](C(=O)O)[C@@H](O)[C@H](O)[C@H]6O)c4O[C@H]2[C@@H](O)C=C[C@H]3C1C5. The van der Waals surface area contributed by atoms with Gasteiger partial charge in [0.25, 0.3) is 0 Å². The fourth-order valence-corrected chi connectivity index (χ4v) is 6.41. The summed E-state index contributed by atoms with van der Waals surface area (Å²) < 4.78 is 41.5. The molecule has 1 aromatic carbocycles. The summed E-state index contributed by atoms with van der Waals surface area (Å²) >= 11 is 0. The highest BCUT2D eigenvalue weighted by molar-refractivity contribution is 5.73. The van der Waals surface area contributed by atoms with E-state index < -0.39 is 61.3 Å². The van der Waals surface area contributed by atoms with Crippen LogP contribution in [0.2, 0.25) is 0 Å². The summed E-state index contributed by atoms with van der Waals surface area (Å²) in [5, 5.41) is 50.7. The van der Waals surface area contributed by atoms with Gasteiger partial charge in [0.2, 0.25) is 6.29 Å². The third-order valence-electron chi connectivity index (χ3n) is 7.91. The van der Waals surface area contributed by atoms with Gasteiger partial charge in [0.1, 0.15) is 30.5 Å². The van der Waals surface area contributed by atoms with E-state index in [-0.39, 0.29) is 24.3 Å². The van der Waals surface area contributed by atoms with Crippen LogP contribution in [-0.2, 0) is 21.4 Å². The fourth-order valence-electron chi connectivity index (χ4n) is 6.41. The maximum absolute atomic E-state index is 11.5. The van der Waals surface area contributed by atoms with Crippen molar-refractivity contribution in [2.45, 2.75) is 67.2 Å². The number of ether oxygens (including phenoxy) is 3. The molecule has 6 rings (SSSR count). The minimum Gasteiger partial charge on any atom is -0.482 e. The molecule has 10 heteroatoms. The van der Waals surface area contributed by atoms with E-state index in [0.717, 1.165) is 11.1 Å². The van der Waals surface area contributed by atoms with E-state index in [9.17, 15) is 30.3 Å². The number of aliphatic hydroxyl groups is 4. The number of carboxylic acids is 1. The molecule has 2 fully saturated rings. The highest BCUT2D eigenvalue weighted by Gasteiger charge is 2.64.